The molecule has 2 rings (SSSR count). The summed E-state index contributed by atoms with van der Waals surface area (Å²) >= 11 is 0. The number of hydrogen-bond donors (Lipinski definition) is 2. The number of hydrogen-bond acceptors (Lipinski definition) is 3. The van der Waals surface area contributed by atoms with Gasteiger partial charge in [-0.15, -0.1) is 0 Å². The van der Waals surface area contributed by atoms with Gasteiger partial charge in [-0.1, -0.05) is 30.3 Å². The maximum absolute atomic E-state index is 3.92. The fourth-order valence-corrected chi connectivity index (χ4v) is 2.05. The first-order chi connectivity index (χ1) is 9.34. The van der Waals surface area contributed by atoms with Crippen LogP contribution in [0, 0.1) is 0 Å². The highest BCUT2D eigenvalue weighted by atomic mass is 15.1. The number of nitrogens with one attached hydrogen (secondary N) is 2. The molecule has 0 saturated heterocycles. The molecule has 0 amide bonds. The Balaban J connectivity index is 1.55. The highest BCUT2D eigenvalue weighted by Crippen LogP contribution is 2.02. The van der Waals surface area contributed by atoms with E-state index in [-0.39, 0.29) is 0 Å². The van der Waals surface area contributed by atoms with Crippen molar-refractivity contribution >= 4 is 0 Å². The quantitative estimate of drug-likeness (QED) is 0.712. The van der Waals surface area contributed by atoms with E-state index in [0.717, 1.165) is 38.3 Å². The van der Waals surface area contributed by atoms with E-state index in [0.29, 0.717) is 0 Å². The normalized spacial score (nSPS) is 11.1. The molecule has 1 aromatic carbocycles. The van der Waals surface area contributed by atoms with Crippen molar-refractivity contribution in [2.45, 2.75) is 19.5 Å². The smallest absolute Gasteiger partial charge is 0.0490 e. The lowest BCUT2D eigenvalue weighted by Crippen LogP contribution is -2.23. The molecule has 0 radical (unpaired) electrons. The van der Waals surface area contributed by atoms with Gasteiger partial charge in [0.25, 0.3) is 0 Å². The van der Waals surface area contributed by atoms with Crippen LogP contribution in [0.15, 0.2) is 42.6 Å². The molecule has 0 atom stereocenters. The van der Waals surface area contributed by atoms with Crippen LogP contribution in [0.5, 0.6) is 0 Å². The van der Waals surface area contributed by atoms with Gasteiger partial charge in [-0.05, 0) is 38.2 Å². The fraction of sp³-hybridized carbons (Fsp3) is 0.400. The summed E-state index contributed by atoms with van der Waals surface area (Å²) in [4.78, 5) is 2.35. The first-order valence-corrected chi connectivity index (χ1v) is 6.76. The van der Waals surface area contributed by atoms with Gasteiger partial charge in [-0.2, -0.15) is 5.10 Å². The van der Waals surface area contributed by atoms with Gasteiger partial charge in [0.1, 0.15) is 0 Å². The molecule has 0 unspecified atom stereocenters. The topological polar surface area (TPSA) is 44.0 Å². The van der Waals surface area contributed by atoms with Crippen molar-refractivity contribution in [2.75, 3.05) is 20.1 Å². The van der Waals surface area contributed by atoms with Crippen LogP contribution in [-0.2, 0) is 13.1 Å². The predicted molar refractivity (Wildman–Crippen MR) is 77.7 cm³/mol. The minimum absolute atomic E-state index is 0.863. The molecule has 102 valence electrons. The van der Waals surface area contributed by atoms with E-state index < -0.39 is 0 Å². The van der Waals surface area contributed by atoms with Gasteiger partial charge in [0.15, 0.2) is 0 Å². The SMILES string of the molecule is CN(CCCNCc1ccn[nH]1)Cc1ccccc1. The summed E-state index contributed by atoms with van der Waals surface area (Å²) in [6, 6.07) is 12.6. The lowest BCUT2D eigenvalue weighted by atomic mass is 10.2. The molecule has 19 heavy (non-hydrogen) atoms. The van der Waals surface area contributed by atoms with E-state index >= 15 is 0 Å². The Morgan fingerprint density at radius 2 is 2.05 bits per heavy atom. The molecule has 2 aromatic rings. The number of aromatic nitrogens is 2. The van der Waals surface area contributed by atoms with Gasteiger partial charge in [0.2, 0.25) is 0 Å². The molecule has 0 saturated carbocycles. The van der Waals surface area contributed by atoms with Gasteiger partial charge >= 0.3 is 0 Å². The van der Waals surface area contributed by atoms with Crippen LogP contribution in [0.4, 0.5) is 0 Å². The Morgan fingerprint density at radius 3 is 2.79 bits per heavy atom. The summed E-state index contributed by atoms with van der Waals surface area (Å²) < 4.78 is 0. The number of benzene rings is 1. The average molecular weight is 258 g/mol. The summed E-state index contributed by atoms with van der Waals surface area (Å²) in [5, 5.41) is 10.3. The zero-order valence-corrected chi connectivity index (χ0v) is 11.5. The Bertz CT molecular complexity index is 438. The molecular formula is C15H22N4. The molecule has 0 bridgehead atoms. The minimum atomic E-state index is 0.863. The number of H-pyrrole nitrogens is 1. The second-order valence-corrected chi connectivity index (χ2v) is 4.84. The van der Waals surface area contributed by atoms with Crippen molar-refractivity contribution in [2.24, 2.45) is 0 Å². The molecule has 0 aliphatic heterocycles. The first kappa shape index (κ1) is 13.8. The van der Waals surface area contributed by atoms with E-state index in [9.17, 15) is 0 Å². The standard InChI is InChI=1S/C15H22N4/c1-19(13-14-6-3-2-4-7-14)11-5-9-16-12-15-8-10-17-18-15/h2-4,6-8,10,16H,5,9,11-13H2,1H3,(H,17,18). The van der Waals surface area contributed by atoms with Crippen LogP contribution >= 0.6 is 0 Å². The van der Waals surface area contributed by atoms with E-state index in [4.69, 9.17) is 0 Å². The number of nitrogens with zero attached hydrogens (tertiary/aromatic N) is 2. The monoisotopic (exact) mass is 258 g/mol. The van der Waals surface area contributed by atoms with Crippen molar-refractivity contribution in [1.82, 2.24) is 20.4 Å². The fourth-order valence-electron chi connectivity index (χ4n) is 2.05. The molecule has 1 heterocycles. The van der Waals surface area contributed by atoms with Gasteiger partial charge < -0.3 is 10.2 Å². The molecule has 1 aromatic heterocycles. The van der Waals surface area contributed by atoms with Crippen molar-refractivity contribution in [1.29, 1.82) is 0 Å². The largest absolute Gasteiger partial charge is 0.311 e. The molecule has 0 spiro atoms. The lowest BCUT2D eigenvalue weighted by molar-refractivity contribution is 0.319. The lowest BCUT2D eigenvalue weighted by Gasteiger charge is -2.16. The van der Waals surface area contributed by atoms with E-state index in [1.54, 1.807) is 6.20 Å². The van der Waals surface area contributed by atoms with Crippen LogP contribution in [0.2, 0.25) is 0 Å². The molecule has 2 N–H and O–H groups in total. The van der Waals surface area contributed by atoms with E-state index in [1.807, 2.05) is 6.07 Å². The van der Waals surface area contributed by atoms with Crippen LogP contribution in [0.1, 0.15) is 17.7 Å². The second-order valence-electron chi connectivity index (χ2n) is 4.84. The summed E-state index contributed by atoms with van der Waals surface area (Å²) in [6.07, 6.45) is 2.93. The van der Waals surface area contributed by atoms with Crippen molar-refractivity contribution < 1.29 is 0 Å². The molecular weight excluding hydrogens is 236 g/mol. The third-order valence-corrected chi connectivity index (χ3v) is 3.06. The highest BCUT2D eigenvalue weighted by molar-refractivity contribution is 5.14. The minimum Gasteiger partial charge on any atom is -0.311 e. The zero-order valence-electron chi connectivity index (χ0n) is 11.5. The molecule has 4 heteroatoms. The molecule has 4 nitrogen and oxygen atoms in total. The molecule has 0 fully saturated rings. The highest BCUT2D eigenvalue weighted by Gasteiger charge is 1.99. The average Bonchev–Trinajstić information content (AvgIpc) is 2.92. The Morgan fingerprint density at radius 1 is 1.21 bits per heavy atom. The summed E-state index contributed by atoms with van der Waals surface area (Å²) in [7, 11) is 2.17. The Labute approximate surface area is 114 Å². The van der Waals surface area contributed by atoms with Gasteiger partial charge in [-0.25, -0.2) is 0 Å². The molecule has 0 aliphatic carbocycles. The van der Waals surface area contributed by atoms with Gasteiger partial charge in [0.05, 0.1) is 0 Å². The number of rotatable bonds is 8. The van der Waals surface area contributed by atoms with Gasteiger partial charge in [-0.3, -0.25) is 5.10 Å². The third-order valence-electron chi connectivity index (χ3n) is 3.06. The number of aromatic amines is 1. The van der Waals surface area contributed by atoms with Crippen molar-refractivity contribution in [3.8, 4) is 0 Å². The second kappa shape index (κ2) is 7.71. The molecule has 0 aliphatic rings. The Hall–Kier alpha value is -1.65. The van der Waals surface area contributed by atoms with Crippen molar-refractivity contribution in [3.05, 3.63) is 53.9 Å². The summed E-state index contributed by atoms with van der Waals surface area (Å²) in [5.74, 6) is 0. The third kappa shape index (κ3) is 5.24. The van der Waals surface area contributed by atoms with Gasteiger partial charge in [0, 0.05) is 25.0 Å². The predicted octanol–water partition coefficient (Wildman–Crippen LogP) is 2.02. The summed E-state index contributed by atoms with van der Waals surface area (Å²) in [5.41, 5.74) is 2.51. The van der Waals surface area contributed by atoms with E-state index in [2.05, 4.69) is 57.8 Å². The maximum atomic E-state index is 3.92. The van der Waals surface area contributed by atoms with E-state index in [1.165, 1.54) is 5.56 Å². The van der Waals surface area contributed by atoms with Crippen LogP contribution in [0.3, 0.4) is 0 Å². The van der Waals surface area contributed by atoms with Crippen LogP contribution < -0.4 is 5.32 Å². The summed E-state index contributed by atoms with van der Waals surface area (Å²) in [6.45, 7) is 4.01. The first-order valence-electron chi connectivity index (χ1n) is 6.76. The van der Waals surface area contributed by atoms with Crippen LogP contribution in [-0.4, -0.2) is 35.2 Å². The maximum Gasteiger partial charge on any atom is 0.0490 e. The van der Waals surface area contributed by atoms with Crippen LogP contribution in [0.25, 0.3) is 0 Å². The van der Waals surface area contributed by atoms with Crippen molar-refractivity contribution in [3.63, 3.8) is 0 Å². The zero-order chi connectivity index (χ0) is 13.3. The Kier molecular flexibility index (Phi) is 5.59.